The molecule has 3 aromatic rings. The summed E-state index contributed by atoms with van der Waals surface area (Å²) in [5.41, 5.74) is 2.16. The molecule has 0 spiro atoms. The van der Waals surface area contributed by atoms with Crippen LogP contribution < -0.4 is 10.6 Å². The van der Waals surface area contributed by atoms with Gasteiger partial charge in [-0.2, -0.15) is 0 Å². The molecule has 31 heavy (non-hydrogen) atoms. The fourth-order valence-corrected chi connectivity index (χ4v) is 3.13. The average Bonchev–Trinajstić information content (AvgIpc) is 3.60. The standard InChI is InChI=1S/C23H23F2N5O/c24-17(14-21-19(25)5-2-11-26-21)10-12-27-22-9-8-20(29-30-22)15-3-1-4-16(13-15)23(31)28-18-6-7-18/h1-5,8-9,11,13,17-18H,6-7,10,12,14H2,(H,27,30)(H,28,31)/t17-/m0/s1. The normalized spacial score (nSPS) is 14.1. The number of nitrogens with one attached hydrogen (secondary N) is 2. The number of carbonyl (C=O) groups excluding carboxylic acids is 1. The molecule has 0 radical (unpaired) electrons. The van der Waals surface area contributed by atoms with Gasteiger partial charge in [0.2, 0.25) is 0 Å². The Labute approximate surface area is 179 Å². The van der Waals surface area contributed by atoms with E-state index in [2.05, 4.69) is 25.8 Å². The zero-order chi connectivity index (χ0) is 21.6. The average molecular weight is 423 g/mol. The van der Waals surface area contributed by atoms with Crippen molar-refractivity contribution in [2.45, 2.75) is 37.9 Å². The molecule has 0 unspecified atom stereocenters. The molecule has 2 heterocycles. The van der Waals surface area contributed by atoms with Crippen molar-refractivity contribution in [2.75, 3.05) is 11.9 Å². The smallest absolute Gasteiger partial charge is 0.251 e. The van der Waals surface area contributed by atoms with Crippen LogP contribution in [0.1, 0.15) is 35.3 Å². The van der Waals surface area contributed by atoms with Gasteiger partial charge in [-0.1, -0.05) is 12.1 Å². The molecule has 2 N–H and O–H groups in total. The Morgan fingerprint density at radius 2 is 2.00 bits per heavy atom. The summed E-state index contributed by atoms with van der Waals surface area (Å²) < 4.78 is 27.7. The van der Waals surface area contributed by atoms with E-state index < -0.39 is 12.0 Å². The summed E-state index contributed by atoms with van der Waals surface area (Å²) in [6, 6.07) is 13.9. The molecule has 1 aliphatic rings. The van der Waals surface area contributed by atoms with Crippen LogP contribution in [0.4, 0.5) is 14.6 Å². The van der Waals surface area contributed by atoms with Gasteiger partial charge in [0.15, 0.2) is 0 Å². The summed E-state index contributed by atoms with van der Waals surface area (Å²) >= 11 is 0. The maximum atomic E-state index is 14.1. The third kappa shape index (κ3) is 5.81. The second-order valence-corrected chi connectivity index (χ2v) is 7.58. The predicted octanol–water partition coefficient (Wildman–Crippen LogP) is 3.95. The minimum Gasteiger partial charge on any atom is -0.368 e. The summed E-state index contributed by atoms with van der Waals surface area (Å²) in [4.78, 5) is 16.1. The van der Waals surface area contributed by atoms with Crippen LogP contribution >= 0.6 is 0 Å². The molecular formula is C23H23F2N5O. The number of halogens is 2. The van der Waals surface area contributed by atoms with E-state index >= 15 is 0 Å². The van der Waals surface area contributed by atoms with Gasteiger partial charge < -0.3 is 10.6 Å². The molecule has 160 valence electrons. The zero-order valence-corrected chi connectivity index (χ0v) is 16.9. The van der Waals surface area contributed by atoms with E-state index in [0.29, 0.717) is 29.7 Å². The SMILES string of the molecule is O=C(NC1CC1)c1cccc(-c2ccc(NCC[C@H](F)Cc3ncccc3F)nn2)c1. The lowest BCUT2D eigenvalue weighted by Crippen LogP contribution is -2.25. The molecule has 1 saturated carbocycles. The molecule has 1 aliphatic carbocycles. The first-order valence-electron chi connectivity index (χ1n) is 10.3. The van der Waals surface area contributed by atoms with Crippen molar-refractivity contribution in [2.24, 2.45) is 0 Å². The fourth-order valence-electron chi connectivity index (χ4n) is 3.13. The number of rotatable bonds is 9. The summed E-state index contributed by atoms with van der Waals surface area (Å²) in [5, 5.41) is 14.3. The highest BCUT2D eigenvalue weighted by molar-refractivity contribution is 5.95. The lowest BCUT2D eigenvalue weighted by atomic mass is 10.1. The largest absolute Gasteiger partial charge is 0.368 e. The van der Waals surface area contributed by atoms with E-state index in [9.17, 15) is 13.6 Å². The number of aromatic nitrogens is 3. The lowest BCUT2D eigenvalue weighted by molar-refractivity contribution is 0.0951. The number of alkyl halides is 1. The van der Waals surface area contributed by atoms with Crippen molar-refractivity contribution in [3.63, 3.8) is 0 Å². The zero-order valence-electron chi connectivity index (χ0n) is 16.9. The molecule has 1 atom stereocenters. The molecule has 6 nitrogen and oxygen atoms in total. The van der Waals surface area contributed by atoms with Crippen LogP contribution in [-0.2, 0) is 6.42 Å². The molecule has 8 heteroatoms. The van der Waals surface area contributed by atoms with Crippen molar-refractivity contribution >= 4 is 11.7 Å². The van der Waals surface area contributed by atoms with Gasteiger partial charge in [-0.15, -0.1) is 10.2 Å². The van der Waals surface area contributed by atoms with Crippen molar-refractivity contribution in [1.29, 1.82) is 0 Å². The Morgan fingerprint density at radius 1 is 1.13 bits per heavy atom. The molecule has 0 aliphatic heterocycles. The van der Waals surface area contributed by atoms with Crippen molar-refractivity contribution in [1.82, 2.24) is 20.5 Å². The Balaban J connectivity index is 1.29. The summed E-state index contributed by atoms with van der Waals surface area (Å²) in [6.07, 6.45) is 2.44. The van der Waals surface area contributed by atoms with E-state index in [1.54, 1.807) is 24.3 Å². The van der Waals surface area contributed by atoms with Gasteiger partial charge in [-0.3, -0.25) is 9.78 Å². The maximum absolute atomic E-state index is 14.1. The van der Waals surface area contributed by atoms with Gasteiger partial charge in [0.05, 0.1) is 11.4 Å². The molecule has 1 fully saturated rings. The molecule has 1 amide bonds. The van der Waals surface area contributed by atoms with Gasteiger partial charge in [0, 0.05) is 36.3 Å². The third-order valence-electron chi connectivity index (χ3n) is 5.01. The van der Waals surface area contributed by atoms with E-state index in [1.807, 2.05) is 12.1 Å². The second kappa shape index (κ2) is 9.59. The quantitative estimate of drug-likeness (QED) is 0.545. The van der Waals surface area contributed by atoms with Crippen LogP contribution in [0.15, 0.2) is 54.7 Å². The number of pyridine rings is 1. The summed E-state index contributed by atoms with van der Waals surface area (Å²) in [6.45, 7) is 0.334. The second-order valence-electron chi connectivity index (χ2n) is 7.58. The monoisotopic (exact) mass is 423 g/mol. The number of carbonyl (C=O) groups is 1. The number of nitrogens with zero attached hydrogens (tertiary/aromatic N) is 3. The fraction of sp³-hybridized carbons (Fsp3) is 0.304. The molecule has 0 bridgehead atoms. The van der Waals surface area contributed by atoms with Crippen LogP contribution in [-0.4, -0.2) is 39.8 Å². The highest BCUT2D eigenvalue weighted by Crippen LogP contribution is 2.22. The van der Waals surface area contributed by atoms with Crippen molar-refractivity contribution < 1.29 is 13.6 Å². The minimum atomic E-state index is -1.21. The number of amides is 1. The van der Waals surface area contributed by atoms with E-state index in [4.69, 9.17) is 0 Å². The minimum absolute atomic E-state index is 0.0658. The summed E-state index contributed by atoms with van der Waals surface area (Å²) in [5.74, 6) is -0.0572. The van der Waals surface area contributed by atoms with Crippen LogP contribution in [0, 0.1) is 5.82 Å². The molecule has 0 saturated heterocycles. The van der Waals surface area contributed by atoms with E-state index in [1.165, 1.54) is 18.3 Å². The molecule has 1 aromatic carbocycles. The highest BCUT2D eigenvalue weighted by atomic mass is 19.1. The van der Waals surface area contributed by atoms with Crippen LogP contribution in [0.2, 0.25) is 0 Å². The molecular weight excluding hydrogens is 400 g/mol. The first kappa shape index (κ1) is 20.8. The van der Waals surface area contributed by atoms with E-state index in [-0.39, 0.29) is 24.4 Å². The van der Waals surface area contributed by atoms with Gasteiger partial charge in [-0.25, -0.2) is 8.78 Å². The van der Waals surface area contributed by atoms with Crippen LogP contribution in [0.3, 0.4) is 0 Å². The summed E-state index contributed by atoms with van der Waals surface area (Å²) in [7, 11) is 0. The van der Waals surface area contributed by atoms with Crippen LogP contribution in [0.5, 0.6) is 0 Å². The number of benzene rings is 1. The first-order chi connectivity index (χ1) is 15.1. The third-order valence-corrected chi connectivity index (χ3v) is 5.01. The highest BCUT2D eigenvalue weighted by Gasteiger charge is 2.23. The number of anilines is 1. The van der Waals surface area contributed by atoms with Gasteiger partial charge in [0.25, 0.3) is 5.91 Å². The predicted molar refractivity (Wildman–Crippen MR) is 114 cm³/mol. The topological polar surface area (TPSA) is 79.8 Å². The van der Waals surface area contributed by atoms with Gasteiger partial charge in [0.1, 0.15) is 17.8 Å². The van der Waals surface area contributed by atoms with Crippen LogP contribution in [0.25, 0.3) is 11.3 Å². The maximum Gasteiger partial charge on any atom is 0.251 e. The molecule has 4 rings (SSSR count). The van der Waals surface area contributed by atoms with Gasteiger partial charge >= 0.3 is 0 Å². The Kier molecular flexibility index (Phi) is 6.45. The van der Waals surface area contributed by atoms with Gasteiger partial charge in [-0.05, 0) is 55.7 Å². The Bertz CT molecular complexity index is 1040. The molecule has 2 aromatic heterocycles. The van der Waals surface area contributed by atoms with Crippen molar-refractivity contribution in [3.8, 4) is 11.3 Å². The van der Waals surface area contributed by atoms with E-state index in [0.717, 1.165) is 18.4 Å². The van der Waals surface area contributed by atoms with Crippen molar-refractivity contribution in [3.05, 3.63) is 71.8 Å². The Hall–Kier alpha value is -3.42. The number of hydrogen-bond acceptors (Lipinski definition) is 5. The first-order valence-corrected chi connectivity index (χ1v) is 10.3. The number of hydrogen-bond donors (Lipinski definition) is 2. The Morgan fingerprint density at radius 3 is 2.74 bits per heavy atom. The lowest BCUT2D eigenvalue weighted by Gasteiger charge is -2.10.